The van der Waals surface area contributed by atoms with Crippen molar-refractivity contribution in [2.45, 2.75) is 39.5 Å². The van der Waals surface area contributed by atoms with Gasteiger partial charge in [-0.3, -0.25) is 4.79 Å². The van der Waals surface area contributed by atoms with Gasteiger partial charge in [-0.05, 0) is 12.8 Å². The number of hydrogen-bond donors (Lipinski definition) is 2. The van der Waals surface area contributed by atoms with Gasteiger partial charge in [0.2, 0.25) is 5.91 Å². The van der Waals surface area contributed by atoms with E-state index >= 15 is 0 Å². The summed E-state index contributed by atoms with van der Waals surface area (Å²) in [6, 6.07) is 3.45. The highest BCUT2D eigenvalue weighted by atomic mass is 16.6. The van der Waals surface area contributed by atoms with Crippen molar-refractivity contribution in [3.05, 3.63) is 12.1 Å². The first-order valence-corrected chi connectivity index (χ1v) is 7.65. The number of hydrogen-bond acceptors (Lipinski definition) is 4. The van der Waals surface area contributed by atoms with Gasteiger partial charge in [0.25, 0.3) is 0 Å². The van der Waals surface area contributed by atoms with Gasteiger partial charge in [-0.25, -0.2) is 0 Å². The van der Waals surface area contributed by atoms with E-state index in [2.05, 4.69) is 19.2 Å². The topological polar surface area (TPSA) is 73.6 Å². The number of carbonyl (C=O) groups is 1. The largest absolute Gasteiger partial charge is 0.486 e. The van der Waals surface area contributed by atoms with Crippen molar-refractivity contribution in [3.8, 4) is 11.5 Å². The molecule has 1 aromatic carbocycles. The van der Waals surface area contributed by atoms with Crippen molar-refractivity contribution in [2.24, 2.45) is 5.92 Å². The molecular weight excluding hydrogens is 268 g/mol. The lowest BCUT2D eigenvalue weighted by Gasteiger charge is -2.21. The summed E-state index contributed by atoms with van der Waals surface area (Å²) in [6.45, 7) is 5.22. The average Bonchev–Trinajstić information content (AvgIpc) is 2.47. The molecule has 3 N–H and O–H groups in total. The van der Waals surface area contributed by atoms with Crippen LogP contribution in [0.5, 0.6) is 11.5 Å². The van der Waals surface area contributed by atoms with Crippen LogP contribution in [0.15, 0.2) is 12.1 Å². The molecular formula is C16H24N2O3. The molecule has 1 aliphatic heterocycles. The molecule has 1 amide bonds. The van der Waals surface area contributed by atoms with E-state index in [0.29, 0.717) is 36.1 Å². The van der Waals surface area contributed by atoms with E-state index in [0.717, 1.165) is 25.7 Å². The summed E-state index contributed by atoms with van der Waals surface area (Å²) in [7, 11) is 0. The zero-order chi connectivity index (χ0) is 15.2. The normalized spacial score (nSPS) is 13.3. The predicted molar refractivity (Wildman–Crippen MR) is 83.8 cm³/mol. The van der Waals surface area contributed by atoms with Crippen LogP contribution in [-0.4, -0.2) is 19.1 Å². The third-order valence-electron chi connectivity index (χ3n) is 3.62. The summed E-state index contributed by atoms with van der Waals surface area (Å²) in [4.78, 5) is 12.4. The third kappa shape index (κ3) is 3.80. The molecule has 2 rings (SSSR count). The molecule has 116 valence electrons. The number of nitrogens with two attached hydrogens (primary N) is 1. The maximum Gasteiger partial charge on any atom is 0.227 e. The lowest BCUT2D eigenvalue weighted by Crippen LogP contribution is -2.23. The van der Waals surface area contributed by atoms with Crippen LogP contribution in [0.1, 0.15) is 39.5 Å². The number of amides is 1. The Bertz CT molecular complexity index is 497. The van der Waals surface area contributed by atoms with Crippen LogP contribution in [-0.2, 0) is 4.79 Å². The number of anilines is 2. The minimum atomic E-state index is 0.0297. The van der Waals surface area contributed by atoms with Crippen LogP contribution in [0.4, 0.5) is 11.4 Å². The highest BCUT2D eigenvalue weighted by Gasteiger charge is 2.20. The molecule has 5 nitrogen and oxygen atoms in total. The Morgan fingerprint density at radius 2 is 1.76 bits per heavy atom. The first-order chi connectivity index (χ1) is 10.2. The number of ether oxygens (including phenoxy) is 2. The van der Waals surface area contributed by atoms with Gasteiger partial charge in [0.1, 0.15) is 13.2 Å². The van der Waals surface area contributed by atoms with E-state index in [1.165, 1.54) is 0 Å². The number of nitrogens with one attached hydrogen (secondary N) is 1. The Hall–Kier alpha value is -1.91. The SMILES string of the molecule is CCCC(CCC)C(=O)Nc1cc2c(cc1N)OCCO2. The fraction of sp³-hybridized carbons (Fsp3) is 0.562. The number of nitrogen functional groups attached to an aromatic ring is 1. The maximum atomic E-state index is 12.4. The van der Waals surface area contributed by atoms with Gasteiger partial charge in [-0.1, -0.05) is 26.7 Å². The zero-order valence-electron chi connectivity index (χ0n) is 12.8. The molecule has 0 aromatic heterocycles. The molecule has 0 aliphatic carbocycles. The van der Waals surface area contributed by atoms with Crippen molar-refractivity contribution in [2.75, 3.05) is 24.3 Å². The third-order valence-corrected chi connectivity index (χ3v) is 3.62. The summed E-state index contributed by atoms with van der Waals surface area (Å²) < 4.78 is 11.0. The zero-order valence-corrected chi connectivity index (χ0v) is 12.8. The Kier molecular flexibility index (Phi) is 5.31. The molecule has 0 bridgehead atoms. The van der Waals surface area contributed by atoms with E-state index in [9.17, 15) is 4.79 Å². The Labute approximate surface area is 125 Å². The fourth-order valence-corrected chi connectivity index (χ4v) is 2.55. The highest BCUT2D eigenvalue weighted by Crippen LogP contribution is 2.37. The lowest BCUT2D eigenvalue weighted by molar-refractivity contribution is -0.120. The second-order valence-corrected chi connectivity index (χ2v) is 5.35. The monoisotopic (exact) mass is 292 g/mol. The number of carbonyl (C=O) groups excluding carboxylic acids is 1. The van der Waals surface area contributed by atoms with Crippen LogP contribution >= 0.6 is 0 Å². The van der Waals surface area contributed by atoms with Crippen LogP contribution in [0, 0.1) is 5.92 Å². The van der Waals surface area contributed by atoms with Crippen molar-refractivity contribution in [3.63, 3.8) is 0 Å². The van der Waals surface area contributed by atoms with Crippen molar-refractivity contribution in [1.29, 1.82) is 0 Å². The molecule has 1 aromatic rings. The molecule has 0 unspecified atom stereocenters. The molecule has 0 radical (unpaired) electrons. The van der Waals surface area contributed by atoms with Crippen LogP contribution in [0.25, 0.3) is 0 Å². The summed E-state index contributed by atoms with van der Waals surface area (Å²) in [5.74, 6) is 1.33. The minimum Gasteiger partial charge on any atom is -0.486 e. The Morgan fingerprint density at radius 3 is 2.33 bits per heavy atom. The summed E-state index contributed by atoms with van der Waals surface area (Å²) in [5.41, 5.74) is 7.09. The van der Waals surface area contributed by atoms with E-state index in [4.69, 9.17) is 15.2 Å². The second kappa shape index (κ2) is 7.20. The van der Waals surface area contributed by atoms with Gasteiger partial charge in [-0.2, -0.15) is 0 Å². The van der Waals surface area contributed by atoms with Gasteiger partial charge < -0.3 is 20.5 Å². The Balaban J connectivity index is 2.12. The lowest BCUT2D eigenvalue weighted by atomic mass is 9.97. The molecule has 21 heavy (non-hydrogen) atoms. The number of fused-ring (bicyclic) bond motifs is 1. The van der Waals surface area contributed by atoms with Gasteiger partial charge in [0.05, 0.1) is 11.4 Å². The van der Waals surface area contributed by atoms with Crippen LogP contribution < -0.4 is 20.5 Å². The molecule has 0 saturated carbocycles. The average molecular weight is 292 g/mol. The van der Waals surface area contributed by atoms with E-state index < -0.39 is 0 Å². The van der Waals surface area contributed by atoms with Gasteiger partial charge >= 0.3 is 0 Å². The second-order valence-electron chi connectivity index (χ2n) is 5.35. The summed E-state index contributed by atoms with van der Waals surface area (Å²) in [6.07, 6.45) is 3.78. The number of benzene rings is 1. The first-order valence-electron chi connectivity index (χ1n) is 7.65. The maximum absolute atomic E-state index is 12.4. The fourth-order valence-electron chi connectivity index (χ4n) is 2.55. The van der Waals surface area contributed by atoms with Crippen LogP contribution in [0.2, 0.25) is 0 Å². The Morgan fingerprint density at radius 1 is 1.19 bits per heavy atom. The van der Waals surface area contributed by atoms with E-state index in [1.807, 2.05) is 0 Å². The molecule has 1 heterocycles. The highest BCUT2D eigenvalue weighted by molar-refractivity contribution is 5.96. The van der Waals surface area contributed by atoms with Crippen LogP contribution in [0.3, 0.4) is 0 Å². The van der Waals surface area contributed by atoms with Crippen molar-refractivity contribution < 1.29 is 14.3 Å². The molecule has 0 spiro atoms. The standard InChI is InChI=1S/C16H24N2O3/c1-3-5-11(6-4-2)16(19)18-13-10-15-14(9-12(13)17)20-7-8-21-15/h9-11H,3-8,17H2,1-2H3,(H,18,19). The van der Waals surface area contributed by atoms with Crippen molar-refractivity contribution >= 4 is 17.3 Å². The van der Waals surface area contributed by atoms with E-state index in [-0.39, 0.29) is 11.8 Å². The number of rotatable bonds is 6. The summed E-state index contributed by atoms with van der Waals surface area (Å²) >= 11 is 0. The summed E-state index contributed by atoms with van der Waals surface area (Å²) in [5, 5.41) is 2.93. The van der Waals surface area contributed by atoms with Gasteiger partial charge in [-0.15, -0.1) is 0 Å². The molecule has 5 heteroatoms. The molecule has 1 aliphatic rings. The predicted octanol–water partition coefficient (Wildman–Crippen LogP) is 3.19. The van der Waals surface area contributed by atoms with E-state index in [1.54, 1.807) is 12.1 Å². The van der Waals surface area contributed by atoms with Gasteiger partial charge in [0.15, 0.2) is 11.5 Å². The molecule has 0 atom stereocenters. The quantitative estimate of drug-likeness (QED) is 0.790. The van der Waals surface area contributed by atoms with Gasteiger partial charge in [0, 0.05) is 18.1 Å². The van der Waals surface area contributed by atoms with Crippen molar-refractivity contribution in [1.82, 2.24) is 0 Å². The molecule has 0 fully saturated rings. The molecule has 0 saturated heterocycles. The smallest absolute Gasteiger partial charge is 0.227 e. The minimum absolute atomic E-state index is 0.0297. The first kappa shape index (κ1) is 15.5.